The maximum atomic E-state index is 13.1. The third-order valence-corrected chi connectivity index (χ3v) is 9.08. The van der Waals surface area contributed by atoms with Crippen molar-refractivity contribution in [3.05, 3.63) is 35.4 Å². The summed E-state index contributed by atoms with van der Waals surface area (Å²) in [4.78, 5) is 78.1. The van der Waals surface area contributed by atoms with Crippen LogP contribution in [0, 0.1) is 5.92 Å². The average Bonchev–Trinajstić information content (AvgIpc) is 2.99. The van der Waals surface area contributed by atoms with E-state index in [4.69, 9.17) is 0 Å². The summed E-state index contributed by atoms with van der Waals surface area (Å²) in [6, 6.07) is 7.66. The van der Waals surface area contributed by atoms with Gasteiger partial charge < -0.3 is 20.6 Å². The van der Waals surface area contributed by atoms with Gasteiger partial charge >= 0.3 is 17.9 Å². The summed E-state index contributed by atoms with van der Waals surface area (Å²) < 4.78 is 0. The summed E-state index contributed by atoms with van der Waals surface area (Å²) in [7, 11) is 0. The highest BCUT2D eigenvalue weighted by molar-refractivity contribution is 7.99. The number of amides is 1. The predicted octanol–water partition coefficient (Wildman–Crippen LogP) is 0.238. The first-order valence-electron chi connectivity index (χ1n) is 15.8. The molecule has 1 aliphatic rings. The molecule has 0 saturated carbocycles. The number of ketones is 2. The lowest BCUT2D eigenvalue weighted by atomic mass is 10.0. The minimum Gasteiger partial charge on any atom is -0.480 e. The Morgan fingerprint density at radius 1 is 0.745 bits per heavy atom. The Morgan fingerprint density at radius 3 is 1.64 bits per heavy atom. The molecule has 1 aliphatic heterocycles. The van der Waals surface area contributed by atoms with E-state index in [0.29, 0.717) is 71.1 Å². The van der Waals surface area contributed by atoms with Gasteiger partial charge in [0.1, 0.15) is 11.6 Å². The maximum Gasteiger partial charge on any atom is 0.317 e. The molecule has 4 N–H and O–H groups in total. The summed E-state index contributed by atoms with van der Waals surface area (Å²) in [5.74, 6) is -2.26. The van der Waals surface area contributed by atoms with Crippen LogP contribution in [0.25, 0.3) is 0 Å². The fourth-order valence-electron chi connectivity index (χ4n) is 4.99. The van der Waals surface area contributed by atoms with Crippen molar-refractivity contribution >= 4 is 47.1 Å². The van der Waals surface area contributed by atoms with Crippen molar-refractivity contribution in [3.8, 4) is 0 Å². The first-order chi connectivity index (χ1) is 22.3. The molecule has 262 valence electrons. The molecule has 1 aromatic rings. The van der Waals surface area contributed by atoms with Gasteiger partial charge in [-0.3, -0.25) is 48.4 Å². The topological polar surface area (TPSA) is 188 Å². The molecule has 0 unspecified atom stereocenters. The SMILES string of the molecule is CC(=O)[C@H](C)CSCC(=O)NCc1cccc(CCC(=O)CN2CCN(CC(=O)O)CCN(CC(=O)O)CCN(CC(=O)O)CC2)c1. The Kier molecular flexibility index (Phi) is 18.2. The molecule has 0 aliphatic carbocycles. The average molecular weight is 680 g/mol. The fraction of sp³-hybridized carbons (Fsp3) is 0.625. The molecule has 0 bridgehead atoms. The number of rotatable bonds is 18. The first kappa shape index (κ1) is 39.8. The van der Waals surface area contributed by atoms with Gasteiger partial charge in [0, 0.05) is 77.0 Å². The van der Waals surface area contributed by atoms with Crippen molar-refractivity contribution in [2.75, 3.05) is 90.0 Å². The van der Waals surface area contributed by atoms with Crippen molar-refractivity contribution in [1.29, 1.82) is 0 Å². The number of carboxylic acids is 3. The number of Topliss-reactive ketones (excluding diaryl/α,β-unsaturated/α-hetero) is 2. The standard InChI is InChI=1S/C32H49N5O9S/c1-24(25(2)38)22-47-23-29(40)33-17-27-5-3-4-26(16-27)6-7-28(39)18-34-8-10-35(19-30(41)42)12-14-37(21-32(45)46)15-13-36(11-9-34)20-31(43)44/h3-5,16,24H,6-15,17-23H2,1-2H3,(H,33,40)(H,41,42)(H,43,44)(H,45,46)/t24-/m1/s1. The molecule has 1 atom stereocenters. The van der Waals surface area contributed by atoms with Crippen molar-refractivity contribution in [1.82, 2.24) is 24.9 Å². The number of aliphatic carboxylic acids is 3. The minimum atomic E-state index is -1.02. The number of carbonyl (C=O) groups excluding carboxylic acids is 3. The van der Waals surface area contributed by atoms with Crippen LogP contribution in [0.15, 0.2) is 24.3 Å². The molecule has 0 radical (unpaired) electrons. The van der Waals surface area contributed by atoms with E-state index >= 15 is 0 Å². The third-order valence-electron chi connectivity index (χ3n) is 7.87. The zero-order chi connectivity index (χ0) is 34.8. The van der Waals surface area contributed by atoms with E-state index in [9.17, 15) is 44.1 Å². The first-order valence-corrected chi connectivity index (χ1v) is 16.9. The molecule has 1 saturated heterocycles. The molecular weight excluding hydrogens is 630 g/mol. The molecule has 1 amide bonds. The lowest BCUT2D eigenvalue weighted by Crippen LogP contribution is -2.49. The van der Waals surface area contributed by atoms with Gasteiger partial charge in [-0.05, 0) is 24.5 Å². The number of aryl methyl sites for hydroxylation is 1. The van der Waals surface area contributed by atoms with Gasteiger partial charge in [-0.2, -0.15) is 11.8 Å². The maximum absolute atomic E-state index is 13.1. The predicted molar refractivity (Wildman–Crippen MR) is 177 cm³/mol. The van der Waals surface area contributed by atoms with Gasteiger partial charge in [-0.15, -0.1) is 0 Å². The highest BCUT2D eigenvalue weighted by atomic mass is 32.2. The van der Waals surface area contributed by atoms with E-state index in [-0.39, 0.29) is 61.7 Å². The number of nitrogens with one attached hydrogen (secondary N) is 1. The second kappa shape index (κ2) is 21.5. The number of benzene rings is 1. The van der Waals surface area contributed by atoms with Crippen LogP contribution in [0.2, 0.25) is 0 Å². The van der Waals surface area contributed by atoms with Crippen LogP contribution in [0.4, 0.5) is 0 Å². The molecular formula is C32H49N5O9S. The van der Waals surface area contributed by atoms with Gasteiger partial charge in [0.25, 0.3) is 0 Å². The lowest BCUT2D eigenvalue weighted by molar-refractivity contribution is -0.140. The fourth-order valence-corrected chi connectivity index (χ4v) is 5.98. The number of hydrogen-bond donors (Lipinski definition) is 4. The van der Waals surface area contributed by atoms with E-state index < -0.39 is 17.9 Å². The largest absolute Gasteiger partial charge is 0.480 e. The van der Waals surface area contributed by atoms with E-state index in [2.05, 4.69) is 5.32 Å². The van der Waals surface area contributed by atoms with Crippen molar-refractivity contribution in [2.45, 2.75) is 33.2 Å². The van der Waals surface area contributed by atoms with Crippen LogP contribution in [-0.2, 0) is 41.7 Å². The monoisotopic (exact) mass is 679 g/mol. The number of thioether (sulfide) groups is 1. The normalized spacial score (nSPS) is 16.8. The molecule has 14 nitrogen and oxygen atoms in total. The van der Waals surface area contributed by atoms with E-state index in [0.717, 1.165) is 11.1 Å². The van der Waals surface area contributed by atoms with Gasteiger partial charge in [-0.25, -0.2) is 0 Å². The number of carboxylic acid groups (broad SMARTS) is 3. The number of nitrogens with zero attached hydrogens (tertiary/aromatic N) is 4. The molecule has 2 rings (SSSR count). The van der Waals surface area contributed by atoms with E-state index in [1.54, 1.807) is 21.6 Å². The molecule has 1 aromatic carbocycles. The van der Waals surface area contributed by atoms with Crippen LogP contribution in [0.1, 0.15) is 31.4 Å². The second-order valence-electron chi connectivity index (χ2n) is 11.9. The zero-order valence-corrected chi connectivity index (χ0v) is 28.2. The number of carbonyl (C=O) groups is 6. The van der Waals surface area contributed by atoms with Crippen molar-refractivity contribution in [2.24, 2.45) is 5.92 Å². The van der Waals surface area contributed by atoms with Crippen LogP contribution in [-0.4, -0.2) is 160 Å². The highest BCUT2D eigenvalue weighted by Gasteiger charge is 2.21. The van der Waals surface area contributed by atoms with Crippen LogP contribution >= 0.6 is 11.8 Å². The Balaban J connectivity index is 1.96. The smallest absolute Gasteiger partial charge is 0.317 e. The lowest BCUT2D eigenvalue weighted by Gasteiger charge is -2.32. The molecule has 1 heterocycles. The van der Waals surface area contributed by atoms with Crippen LogP contribution in [0.5, 0.6) is 0 Å². The zero-order valence-electron chi connectivity index (χ0n) is 27.4. The summed E-state index contributed by atoms with van der Waals surface area (Å²) >= 11 is 1.42. The number of hydrogen-bond acceptors (Lipinski definition) is 11. The van der Waals surface area contributed by atoms with Crippen LogP contribution < -0.4 is 5.32 Å². The summed E-state index contributed by atoms with van der Waals surface area (Å²) in [5.41, 5.74) is 1.86. The van der Waals surface area contributed by atoms with Gasteiger partial charge in [0.05, 0.1) is 31.9 Å². The summed E-state index contributed by atoms with van der Waals surface area (Å²) in [6.07, 6.45) is 0.780. The Morgan fingerprint density at radius 2 is 1.19 bits per heavy atom. The van der Waals surface area contributed by atoms with E-state index in [1.165, 1.54) is 11.8 Å². The Bertz CT molecular complexity index is 1190. The summed E-state index contributed by atoms with van der Waals surface area (Å²) in [5, 5.41) is 31.0. The second-order valence-corrected chi connectivity index (χ2v) is 13.0. The van der Waals surface area contributed by atoms with Crippen molar-refractivity contribution in [3.63, 3.8) is 0 Å². The Hall–Kier alpha value is -3.37. The van der Waals surface area contributed by atoms with Gasteiger partial charge in [0.15, 0.2) is 0 Å². The molecule has 47 heavy (non-hydrogen) atoms. The van der Waals surface area contributed by atoms with Crippen LogP contribution in [0.3, 0.4) is 0 Å². The minimum absolute atomic E-state index is 0.00480. The molecule has 15 heteroatoms. The van der Waals surface area contributed by atoms with Gasteiger partial charge in [0.2, 0.25) is 5.91 Å². The Labute approximate surface area is 280 Å². The highest BCUT2D eigenvalue weighted by Crippen LogP contribution is 2.11. The molecule has 0 aromatic heterocycles. The van der Waals surface area contributed by atoms with Crippen molar-refractivity contribution < 1.29 is 44.1 Å². The van der Waals surface area contributed by atoms with Gasteiger partial charge in [-0.1, -0.05) is 31.2 Å². The summed E-state index contributed by atoms with van der Waals surface area (Å²) in [6.45, 7) is 5.91. The third kappa shape index (κ3) is 17.9. The van der Waals surface area contributed by atoms with E-state index in [1.807, 2.05) is 36.1 Å². The molecule has 1 fully saturated rings. The quantitative estimate of drug-likeness (QED) is 0.165. The molecule has 0 spiro atoms.